The Morgan fingerprint density at radius 1 is 0.929 bits per heavy atom. The number of benzene rings is 3. The lowest BCUT2D eigenvalue weighted by atomic mass is 9.59. The molecule has 1 spiro atoms. The highest BCUT2D eigenvalue weighted by Gasteiger charge is 2.50. The summed E-state index contributed by atoms with van der Waals surface area (Å²) in [6.45, 7) is 10.8. The summed E-state index contributed by atoms with van der Waals surface area (Å²) in [6.07, 6.45) is 4.91. The molecule has 222 valence electrons. The zero-order chi connectivity index (χ0) is 29.3. The fourth-order valence-electron chi connectivity index (χ4n) is 7.80. The monoisotopic (exact) mass is 566 g/mol. The van der Waals surface area contributed by atoms with E-state index in [2.05, 4.69) is 77.1 Å². The van der Waals surface area contributed by atoms with Gasteiger partial charge in [-0.15, -0.1) is 0 Å². The quantitative estimate of drug-likeness (QED) is 0.351. The molecule has 3 aromatic rings. The number of amides is 1. The normalized spacial score (nSPS) is 21.4. The minimum atomic E-state index is -0.339. The molecule has 3 aliphatic rings. The third-order valence-corrected chi connectivity index (χ3v) is 10.2. The van der Waals surface area contributed by atoms with E-state index in [1.54, 1.807) is 7.11 Å². The molecule has 2 heterocycles. The second-order valence-corrected chi connectivity index (χ2v) is 13.1. The molecule has 0 unspecified atom stereocenters. The number of primary amides is 1. The van der Waals surface area contributed by atoms with Crippen molar-refractivity contribution in [2.75, 3.05) is 44.7 Å². The number of nitrogens with two attached hydrogens (primary N) is 1. The first-order valence-electron chi connectivity index (χ1n) is 15.7. The van der Waals surface area contributed by atoms with E-state index >= 15 is 0 Å². The Morgan fingerprint density at radius 3 is 2.31 bits per heavy atom. The predicted octanol–water partition coefficient (Wildman–Crippen LogP) is 6.23. The summed E-state index contributed by atoms with van der Waals surface area (Å²) in [5.41, 5.74) is 12.1. The van der Waals surface area contributed by atoms with E-state index in [4.69, 9.17) is 10.5 Å². The van der Waals surface area contributed by atoms with Crippen molar-refractivity contribution in [3.05, 3.63) is 95.1 Å². The molecule has 0 radical (unpaired) electrons. The molecule has 0 aromatic heterocycles. The summed E-state index contributed by atoms with van der Waals surface area (Å²) < 4.78 is 5.38. The molecule has 3 aromatic carbocycles. The Balaban J connectivity index is 1.15. The summed E-state index contributed by atoms with van der Waals surface area (Å²) in [5.74, 6) is 1.07. The van der Waals surface area contributed by atoms with E-state index in [0.717, 1.165) is 50.7 Å². The molecule has 0 bridgehead atoms. The van der Waals surface area contributed by atoms with E-state index in [9.17, 15) is 4.79 Å². The van der Waals surface area contributed by atoms with E-state index in [0.29, 0.717) is 29.0 Å². The second kappa shape index (κ2) is 12.1. The van der Waals surface area contributed by atoms with Gasteiger partial charge in [0.2, 0.25) is 0 Å². The number of carbonyl (C=O) groups excluding carboxylic acids is 1. The van der Waals surface area contributed by atoms with E-state index in [1.807, 2.05) is 24.3 Å². The highest BCUT2D eigenvalue weighted by Crippen LogP contribution is 2.53. The van der Waals surface area contributed by atoms with Crippen molar-refractivity contribution < 1.29 is 9.53 Å². The number of nitrogens with zero attached hydrogens (tertiary/aromatic N) is 3. The Morgan fingerprint density at radius 2 is 1.62 bits per heavy atom. The fraction of sp³-hybridized carbons (Fsp3) is 0.472. The van der Waals surface area contributed by atoms with Gasteiger partial charge in [0.1, 0.15) is 5.75 Å². The van der Waals surface area contributed by atoms with Crippen LogP contribution in [0.15, 0.2) is 72.8 Å². The number of piperazine rings is 1. The van der Waals surface area contributed by atoms with Crippen LogP contribution in [-0.2, 0) is 6.54 Å². The number of ether oxygens (including phenoxy) is 1. The predicted molar refractivity (Wildman–Crippen MR) is 170 cm³/mol. The SMILES string of the molecule is COc1ccc(CN2CCN(C3CC4(CCN(c5ccccc5C(N)=O)CC4)C3)[C@H](c3ccccc3C(C)C)C2)cc1. The Hall–Kier alpha value is -3.35. The van der Waals surface area contributed by atoms with Crippen molar-refractivity contribution in [3.8, 4) is 5.75 Å². The molecule has 3 fully saturated rings. The highest BCUT2D eigenvalue weighted by atomic mass is 16.5. The van der Waals surface area contributed by atoms with E-state index in [-0.39, 0.29) is 5.91 Å². The van der Waals surface area contributed by atoms with Gasteiger partial charge in [-0.25, -0.2) is 0 Å². The molecule has 2 saturated heterocycles. The first-order chi connectivity index (χ1) is 20.4. The maximum atomic E-state index is 12.0. The van der Waals surface area contributed by atoms with Crippen LogP contribution in [-0.4, -0.2) is 61.6 Å². The second-order valence-electron chi connectivity index (χ2n) is 13.1. The van der Waals surface area contributed by atoms with Crippen molar-refractivity contribution in [2.45, 2.75) is 64.1 Å². The summed E-state index contributed by atoms with van der Waals surface area (Å²) in [7, 11) is 1.72. The van der Waals surface area contributed by atoms with Gasteiger partial charge >= 0.3 is 0 Å². The van der Waals surface area contributed by atoms with Crippen LogP contribution in [0.25, 0.3) is 0 Å². The van der Waals surface area contributed by atoms with Gasteiger partial charge in [-0.3, -0.25) is 14.6 Å². The van der Waals surface area contributed by atoms with Gasteiger partial charge in [0, 0.05) is 57.0 Å². The number of methoxy groups -OCH3 is 1. The van der Waals surface area contributed by atoms with E-state index in [1.165, 1.54) is 42.4 Å². The lowest BCUT2D eigenvalue weighted by Gasteiger charge is -2.58. The van der Waals surface area contributed by atoms with Crippen LogP contribution < -0.4 is 15.4 Å². The van der Waals surface area contributed by atoms with Crippen LogP contribution in [0.2, 0.25) is 0 Å². The minimum absolute atomic E-state index is 0.339. The van der Waals surface area contributed by atoms with Crippen LogP contribution >= 0.6 is 0 Å². The molecule has 1 atom stereocenters. The molecular weight excluding hydrogens is 520 g/mol. The van der Waals surface area contributed by atoms with Gasteiger partial charge in [-0.05, 0) is 78.0 Å². The molecule has 1 saturated carbocycles. The van der Waals surface area contributed by atoms with Gasteiger partial charge in [-0.1, -0.05) is 62.4 Å². The van der Waals surface area contributed by atoms with Crippen molar-refractivity contribution >= 4 is 11.6 Å². The van der Waals surface area contributed by atoms with Crippen LogP contribution in [0, 0.1) is 5.41 Å². The topological polar surface area (TPSA) is 62.0 Å². The molecular formula is C36H46N4O2. The summed E-state index contributed by atoms with van der Waals surface area (Å²) in [4.78, 5) is 19.9. The van der Waals surface area contributed by atoms with Gasteiger partial charge in [0.15, 0.2) is 0 Å². The number of rotatable bonds is 8. The van der Waals surface area contributed by atoms with Crippen LogP contribution in [0.3, 0.4) is 0 Å². The number of hydrogen-bond acceptors (Lipinski definition) is 5. The van der Waals surface area contributed by atoms with Crippen molar-refractivity contribution in [1.82, 2.24) is 9.80 Å². The molecule has 1 amide bonds. The average Bonchev–Trinajstić information content (AvgIpc) is 3.00. The van der Waals surface area contributed by atoms with E-state index < -0.39 is 0 Å². The molecule has 6 heteroatoms. The zero-order valence-corrected chi connectivity index (χ0v) is 25.5. The first kappa shape index (κ1) is 28.8. The lowest BCUT2D eigenvalue weighted by Crippen LogP contribution is -2.60. The number of para-hydroxylation sites is 1. The molecule has 6 nitrogen and oxygen atoms in total. The van der Waals surface area contributed by atoms with Gasteiger partial charge in [0.25, 0.3) is 5.91 Å². The van der Waals surface area contributed by atoms with Crippen LogP contribution in [0.1, 0.15) is 78.5 Å². The maximum Gasteiger partial charge on any atom is 0.250 e. The van der Waals surface area contributed by atoms with Crippen LogP contribution in [0.4, 0.5) is 5.69 Å². The van der Waals surface area contributed by atoms with Gasteiger partial charge in [-0.2, -0.15) is 0 Å². The van der Waals surface area contributed by atoms with Crippen molar-refractivity contribution in [3.63, 3.8) is 0 Å². The third kappa shape index (κ3) is 5.80. The Bertz CT molecular complexity index is 1370. The molecule has 2 N–H and O–H groups in total. The highest BCUT2D eigenvalue weighted by molar-refractivity contribution is 5.98. The Labute approximate surface area is 251 Å². The molecule has 6 rings (SSSR count). The Kier molecular flexibility index (Phi) is 8.28. The number of hydrogen-bond donors (Lipinski definition) is 1. The molecule has 42 heavy (non-hydrogen) atoms. The van der Waals surface area contributed by atoms with Crippen molar-refractivity contribution in [2.24, 2.45) is 11.1 Å². The fourth-order valence-corrected chi connectivity index (χ4v) is 7.80. The van der Waals surface area contributed by atoms with Gasteiger partial charge < -0.3 is 15.4 Å². The summed E-state index contributed by atoms with van der Waals surface area (Å²) in [5, 5.41) is 0. The van der Waals surface area contributed by atoms with Crippen LogP contribution in [0.5, 0.6) is 5.75 Å². The molecule has 1 aliphatic carbocycles. The first-order valence-corrected chi connectivity index (χ1v) is 15.7. The standard InChI is InChI=1S/C36H46N4O2/c1-26(2)30-8-4-5-9-31(30)34-25-38(24-27-12-14-29(42-3)15-13-27)20-21-40(34)28-22-36(23-28)16-18-39(19-17-36)33-11-7-6-10-32(33)35(37)41/h4-15,26,28,34H,16-25H2,1-3H3,(H2,37,41)/t34-/m0/s1. The molecule has 2 aliphatic heterocycles. The number of piperidine rings is 1. The minimum Gasteiger partial charge on any atom is -0.497 e. The number of anilines is 1. The summed E-state index contributed by atoms with van der Waals surface area (Å²) >= 11 is 0. The third-order valence-electron chi connectivity index (χ3n) is 10.2. The average molecular weight is 567 g/mol. The largest absolute Gasteiger partial charge is 0.497 e. The van der Waals surface area contributed by atoms with Crippen molar-refractivity contribution in [1.29, 1.82) is 0 Å². The lowest BCUT2D eigenvalue weighted by molar-refractivity contribution is -0.0628. The maximum absolute atomic E-state index is 12.0. The van der Waals surface area contributed by atoms with Gasteiger partial charge in [0.05, 0.1) is 12.7 Å². The zero-order valence-electron chi connectivity index (χ0n) is 25.5. The summed E-state index contributed by atoms with van der Waals surface area (Å²) in [6, 6.07) is 26.5. The smallest absolute Gasteiger partial charge is 0.250 e. The number of carbonyl (C=O) groups is 1.